The Kier molecular flexibility index (Phi) is 5.05. The lowest BCUT2D eigenvalue weighted by Crippen LogP contribution is -2.31. The molecule has 2 aromatic heterocycles. The van der Waals surface area contributed by atoms with Crippen molar-refractivity contribution in [1.82, 2.24) is 19.9 Å². The first-order valence-corrected chi connectivity index (χ1v) is 9.09. The van der Waals surface area contributed by atoms with E-state index in [0.29, 0.717) is 18.5 Å². The van der Waals surface area contributed by atoms with Crippen molar-refractivity contribution in [2.45, 2.75) is 18.9 Å². The molecule has 1 aromatic carbocycles. The van der Waals surface area contributed by atoms with Crippen LogP contribution in [0.1, 0.15) is 28.2 Å². The minimum Gasteiger partial charge on any atom is -0.365 e. The number of hydrogen-bond acceptors (Lipinski definition) is 5. The van der Waals surface area contributed by atoms with E-state index in [1.807, 2.05) is 29.2 Å². The smallest absolute Gasteiger partial charge is 0.255 e. The Balaban J connectivity index is 1.37. The van der Waals surface area contributed by atoms with E-state index >= 15 is 0 Å². The zero-order chi connectivity index (χ0) is 18.5. The van der Waals surface area contributed by atoms with E-state index in [2.05, 4.69) is 32.4 Å². The molecule has 1 fully saturated rings. The molecule has 4 rings (SSSR count). The zero-order valence-corrected chi connectivity index (χ0v) is 15.0. The number of rotatable bonds is 5. The molecule has 1 unspecified atom stereocenters. The van der Waals surface area contributed by atoms with Gasteiger partial charge in [0.05, 0.1) is 5.56 Å². The number of nitrogens with one attached hydrogen (secondary N) is 1. The summed E-state index contributed by atoms with van der Waals surface area (Å²) in [7, 11) is 0. The second-order valence-electron chi connectivity index (χ2n) is 6.64. The Labute approximate surface area is 158 Å². The Morgan fingerprint density at radius 3 is 2.81 bits per heavy atom. The molecule has 6 nitrogen and oxygen atoms in total. The summed E-state index contributed by atoms with van der Waals surface area (Å²) >= 11 is 0. The van der Waals surface area contributed by atoms with E-state index in [1.165, 1.54) is 5.56 Å². The normalized spacial score (nSPS) is 16.3. The Morgan fingerprint density at radius 2 is 2.00 bits per heavy atom. The molecule has 1 amide bonds. The molecule has 0 radical (unpaired) electrons. The summed E-state index contributed by atoms with van der Waals surface area (Å²) in [5.74, 6) is 1.61. The van der Waals surface area contributed by atoms with Crippen LogP contribution in [0.4, 0.5) is 5.82 Å². The average Bonchev–Trinajstić information content (AvgIpc) is 3.17. The molecule has 1 N–H and O–H groups in total. The van der Waals surface area contributed by atoms with Gasteiger partial charge in [-0.2, -0.15) is 0 Å². The van der Waals surface area contributed by atoms with Crippen molar-refractivity contribution < 1.29 is 4.79 Å². The summed E-state index contributed by atoms with van der Waals surface area (Å²) in [5, 5.41) is 3.44. The van der Waals surface area contributed by atoms with Gasteiger partial charge in [-0.15, -0.1) is 0 Å². The number of pyridine rings is 1. The molecule has 6 heteroatoms. The van der Waals surface area contributed by atoms with E-state index in [4.69, 9.17) is 0 Å². The molecule has 3 heterocycles. The van der Waals surface area contributed by atoms with Crippen molar-refractivity contribution in [2.24, 2.45) is 0 Å². The molecule has 3 aromatic rings. The quantitative estimate of drug-likeness (QED) is 0.758. The van der Waals surface area contributed by atoms with Crippen molar-refractivity contribution >= 4 is 11.7 Å². The SMILES string of the molecule is O=C(c1cccnc1)N1CCC(Nc2ccnc(Cc3ccccc3)n2)C1. The van der Waals surface area contributed by atoms with Crippen molar-refractivity contribution in [3.63, 3.8) is 0 Å². The number of amides is 1. The molecule has 27 heavy (non-hydrogen) atoms. The molecule has 1 aliphatic rings. The summed E-state index contributed by atoms with van der Waals surface area (Å²) in [4.78, 5) is 27.4. The van der Waals surface area contributed by atoms with Crippen LogP contribution in [0.2, 0.25) is 0 Å². The number of anilines is 1. The van der Waals surface area contributed by atoms with Gasteiger partial charge < -0.3 is 10.2 Å². The fourth-order valence-corrected chi connectivity index (χ4v) is 3.29. The number of hydrogen-bond donors (Lipinski definition) is 1. The second-order valence-corrected chi connectivity index (χ2v) is 6.64. The Bertz CT molecular complexity index is 901. The molecule has 0 aliphatic carbocycles. The van der Waals surface area contributed by atoms with Crippen LogP contribution in [0.15, 0.2) is 67.1 Å². The molecule has 0 spiro atoms. The van der Waals surface area contributed by atoms with Crippen LogP contribution >= 0.6 is 0 Å². The predicted molar refractivity (Wildman–Crippen MR) is 103 cm³/mol. The fraction of sp³-hybridized carbons (Fsp3) is 0.238. The number of likely N-dealkylation sites (tertiary alicyclic amines) is 1. The van der Waals surface area contributed by atoms with Crippen LogP contribution < -0.4 is 5.32 Å². The third-order valence-electron chi connectivity index (χ3n) is 4.65. The first kappa shape index (κ1) is 17.1. The molecule has 1 atom stereocenters. The monoisotopic (exact) mass is 359 g/mol. The minimum absolute atomic E-state index is 0.0276. The molecular weight excluding hydrogens is 338 g/mol. The van der Waals surface area contributed by atoms with Gasteiger partial charge in [0.1, 0.15) is 11.6 Å². The van der Waals surface area contributed by atoms with E-state index < -0.39 is 0 Å². The first-order chi connectivity index (χ1) is 13.3. The number of benzene rings is 1. The van der Waals surface area contributed by atoms with E-state index in [-0.39, 0.29) is 11.9 Å². The highest BCUT2D eigenvalue weighted by atomic mass is 16.2. The molecule has 0 saturated carbocycles. The maximum atomic E-state index is 12.5. The zero-order valence-electron chi connectivity index (χ0n) is 15.0. The van der Waals surface area contributed by atoms with Gasteiger partial charge >= 0.3 is 0 Å². The van der Waals surface area contributed by atoms with Crippen LogP contribution in [0.25, 0.3) is 0 Å². The Morgan fingerprint density at radius 1 is 1.11 bits per heavy atom. The number of nitrogens with zero attached hydrogens (tertiary/aromatic N) is 4. The molecule has 1 aliphatic heterocycles. The topological polar surface area (TPSA) is 71.0 Å². The van der Waals surface area contributed by atoms with Crippen molar-refractivity contribution in [2.75, 3.05) is 18.4 Å². The summed E-state index contributed by atoms with van der Waals surface area (Å²) in [6, 6.07) is 15.8. The third-order valence-corrected chi connectivity index (χ3v) is 4.65. The standard InChI is InChI=1S/C21H21N5O/c27-21(17-7-4-10-22-14-17)26-12-9-18(15-26)24-19-8-11-23-20(25-19)13-16-5-2-1-3-6-16/h1-8,10-11,14,18H,9,12-13,15H2,(H,23,24,25). The minimum atomic E-state index is 0.0276. The maximum Gasteiger partial charge on any atom is 0.255 e. The lowest BCUT2D eigenvalue weighted by molar-refractivity contribution is 0.0791. The summed E-state index contributed by atoms with van der Waals surface area (Å²) < 4.78 is 0. The summed E-state index contributed by atoms with van der Waals surface area (Å²) in [5.41, 5.74) is 1.81. The lowest BCUT2D eigenvalue weighted by atomic mass is 10.1. The highest BCUT2D eigenvalue weighted by Gasteiger charge is 2.27. The van der Waals surface area contributed by atoms with Gasteiger partial charge in [-0.25, -0.2) is 9.97 Å². The largest absolute Gasteiger partial charge is 0.365 e. The lowest BCUT2D eigenvalue weighted by Gasteiger charge is -2.17. The van der Waals surface area contributed by atoms with Crippen LogP contribution in [-0.4, -0.2) is 44.9 Å². The number of aromatic nitrogens is 3. The maximum absolute atomic E-state index is 12.5. The highest BCUT2D eigenvalue weighted by molar-refractivity contribution is 5.94. The van der Waals surface area contributed by atoms with Gasteiger partial charge in [-0.05, 0) is 30.2 Å². The van der Waals surface area contributed by atoms with Gasteiger partial charge in [0.15, 0.2) is 0 Å². The molecule has 0 bridgehead atoms. The van der Waals surface area contributed by atoms with Crippen molar-refractivity contribution in [3.8, 4) is 0 Å². The first-order valence-electron chi connectivity index (χ1n) is 9.09. The van der Waals surface area contributed by atoms with E-state index in [0.717, 1.165) is 24.6 Å². The van der Waals surface area contributed by atoms with Gasteiger partial charge in [0, 0.05) is 44.1 Å². The average molecular weight is 359 g/mol. The molecule has 1 saturated heterocycles. The van der Waals surface area contributed by atoms with Crippen LogP contribution in [0.3, 0.4) is 0 Å². The van der Waals surface area contributed by atoms with Crippen LogP contribution in [0, 0.1) is 0 Å². The van der Waals surface area contributed by atoms with Crippen molar-refractivity contribution in [1.29, 1.82) is 0 Å². The van der Waals surface area contributed by atoms with E-state index in [9.17, 15) is 4.79 Å². The predicted octanol–water partition coefficient (Wildman–Crippen LogP) is 2.79. The Hall–Kier alpha value is -3.28. The van der Waals surface area contributed by atoms with Gasteiger partial charge in [0.25, 0.3) is 5.91 Å². The molecule has 136 valence electrons. The highest BCUT2D eigenvalue weighted by Crippen LogP contribution is 2.17. The summed E-state index contributed by atoms with van der Waals surface area (Å²) in [6.45, 7) is 1.39. The van der Waals surface area contributed by atoms with Crippen LogP contribution in [-0.2, 0) is 6.42 Å². The summed E-state index contributed by atoms with van der Waals surface area (Å²) in [6.07, 6.45) is 6.66. The second kappa shape index (κ2) is 7.95. The molecular formula is C21H21N5O. The number of carbonyl (C=O) groups excluding carboxylic acids is 1. The number of carbonyl (C=O) groups is 1. The fourth-order valence-electron chi connectivity index (χ4n) is 3.29. The third kappa shape index (κ3) is 4.28. The van der Waals surface area contributed by atoms with Crippen LogP contribution in [0.5, 0.6) is 0 Å². The van der Waals surface area contributed by atoms with Gasteiger partial charge in [-0.3, -0.25) is 9.78 Å². The van der Waals surface area contributed by atoms with Gasteiger partial charge in [0.2, 0.25) is 0 Å². The van der Waals surface area contributed by atoms with Crippen molar-refractivity contribution in [3.05, 3.63) is 84.1 Å². The van der Waals surface area contributed by atoms with E-state index in [1.54, 1.807) is 30.7 Å². The van der Waals surface area contributed by atoms with Gasteiger partial charge in [-0.1, -0.05) is 30.3 Å².